The van der Waals surface area contributed by atoms with E-state index in [-0.39, 0.29) is 0 Å². The largest absolute Gasteiger partial charge is 0.464 e. The smallest absolute Gasteiger partial charge is 0.410 e. The molecule has 0 saturated carbocycles. The minimum Gasteiger partial charge on any atom is -0.464 e. The molecule has 0 aromatic carbocycles. The van der Waals surface area contributed by atoms with E-state index >= 15 is 0 Å². The molecule has 1 unspecified atom stereocenters. The monoisotopic (exact) mass is 277 g/mol. The van der Waals surface area contributed by atoms with Gasteiger partial charge in [0.05, 0.1) is 14.2 Å². The predicted octanol–water partition coefficient (Wildman–Crippen LogP) is -0.662. The van der Waals surface area contributed by atoms with Crippen molar-refractivity contribution in [2.45, 2.75) is 19.6 Å². The molecule has 9 nitrogen and oxygen atoms in total. The van der Waals surface area contributed by atoms with Gasteiger partial charge in [-0.15, -0.1) is 0 Å². The van der Waals surface area contributed by atoms with E-state index in [2.05, 4.69) is 14.2 Å². The van der Waals surface area contributed by atoms with E-state index in [0.29, 0.717) is 0 Å². The van der Waals surface area contributed by atoms with Gasteiger partial charge in [0, 0.05) is 13.8 Å². The summed E-state index contributed by atoms with van der Waals surface area (Å²) in [6.07, 6.45) is -1.07. The number of hydrogen-bond donors (Lipinski definition) is 1. The van der Waals surface area contributed by atoms with Crippen molar-refractivity contribution < 1.29 is 38.1 Å². The minimum atomic E-state index is -2.29. The molecule has 0 aromatic heterocycles. The summed E-state index contributed by atoms with van der Waals surface area (Å²) in [5.74, 6) is -2.77. The lowest BCUT2D eigenvalue weighted by Gasteiger charge is -2.29. The average molecular weight is 277 g/mol. The van der Waals surface area contributed by atoms with Gasteiger partial charge in [0.25, 0.3) is 0 Å². The topological polar surface area (TPSA) is 117 Å². The molecule has 0 bridgehead atoms. The summed E-state index contributed by atoms with van der Waals surface area (Å²) >= 11 is 0. The van der Waals surface area contributed by atoms with Crippen molar-refractivity contribution in [3.05, 3.63) is 0 Å². The average Bonchev–Trinajstić information content (AvgIpc) is 2.33. The van der Waals surface area contributed by atoms with Crippen LogP contribution in [0.5, 0.6) is 0 Å². The van der Waals surface area contributed by atoms with E-state index in [1.165, 1.54) is 0 Å². The molecule has 0 radical (unpaired) electrons. The van der Waals surface area contributed by atoms with Crippen LogP contribution in [0.25, 0.3) is 0 Å². The summed E-state index contributed by atoms with van der Waals surface area (Å²) in [6, 6.07) is 0. The number of hydrogen-bond acceptors (Lipinski definition) is 8. The van der Waals surface area contributed by atoms with Gasteiger partial charge in [-0.3, -0.25) is 14.9 Å². The van der Waals surface area contributed by atoms with Crippen LogP contribution in [0, 0.1) is 0 Å². The Morgan fingerprint density at radius 3 is 1.95 bits per heavy atom. The Morgan fingerprint density at radius 2 is 1.58 bits per heavy atom. The van der Waals surface area contributed by atoms with Crippen molar-refractivity contribution in [2.75, 3.05) is 20.8 Å². The molecule has 19 heavy (non-hydrogen) atoms. The number of methoxy groups -OCH3 is 2. The molecule has 0 aliphatic rings. The van der Waals surface area contributed by atoms with Gasteiger partial charge in [0.15, 0.2) is 6.61 Å². The highest BCUT2D eigenvalue weighted by molar-refractivity contribution is 5.87. The Kier molecular flexibility index (Phi) is 6.31. The van der Waals surface area contributed by atoms with Crippen LogP contribution in [0.3, 0.4) is 0 Å². The van der Waals surface area contributed by atoms with Crippen LogP contribution < -0.4 is 5.32 Å². The van der Waals surface area contributed by atoms with Crippen molar-refractivity contribution in [3.63, 3.8) is 0 Å². The Hall–Kier alpha value is -2.32. The van der Waals surface area contributed by atoms with Crippen LogP contribution in [0.2, 0.25) is 0 Å². The summed E-state index contributed by atoms with van der Waals surface area (Å²) in [5.41, 5.74) is -2.29. The maximum absolute atomic E-state index is 11.7. The molecule has 108 valence electrons. The van der Waals surface area contributed by atoms with Gasteiger partial charge in [0.1, 0.15) is 0 Å². The SMILES string of the molecule is COC(=O)NC(COC(C)=O)(OC(C)=O)C(=O)OC. The second-order valence-electron chi connectivity index (χ2n) is 3.31. The molecule has 0 saturated heterocycles. The second kappa shape index (κ2) is 7.19. The quantitative estimate of drug-likeness (QED) is 0.399. The molecule has 0 aromatic rings. The number of esters is 3. The molecule has 0 rings (SSSR count). The number of amides is 1. The van der Waals surface area contributed by atoms with E-state index in [1.807, 2.05) is 5.32 Å². The lowest BCUT2D eigenvalue weighted by Crippen LogP contribution is -2.61. The maximum atomic E-state index is 11.7. The van der Waals surface area contributed by atoms with E-state index in [0.717, 1.165) is 28.1 Å². The molecule has 1 atom stereocenters. The molecule has 9 heteroatoms. The van der Waals surface area contributed by atoms with E-state index in [1.54, 1.807) is 0 Å². The van der Waals surface area contributed by atoms with Crippen LogP contribution in [-0.2, 0) is 33.3 Å². The summed E-state index contributed by atoms with van der Waals surface area (Å²) in [5, 5.41) is 1.96. The van der Waals surface area contributed by atoms with E-state index in [9.17, 15) is 19.2 Å². The summed E-state index contributed by atoms with van der Waals surface area (Å²) < 4.78 is 18.0. The first-order chi connectivity index (χ1) is 8.77. The van der Waals surface area contributed by atoms with Crippen LogP contribution >= 0.6 is 0 Å². The first-order valence-corrected chi connectivity index (χ1v) is 5.05. The number of alkyl carbamates (subject to hydrolysis) is 1. The Balaban J connectivity index is 5.29. The normalized spacial score (nSPS) is 12.6. The number of ether oxygens (including phenoxy) is 4. The van der Waals surface area contributed by atoms with Crippen molar-refractivity contribution in [1.82, 2.24) is 5.32 Å². The van der Waals surface area contributed by atoms with E-state index in [4.69, 9.17) is 4.74 Å². The number of nitrogens with one attached hydrogen (secondary N) is 1. The van der Waals surface area contributed by atoms with Crippen LogP contribution in [0.15, 0.2) is 0 Å². The number of carbonyl (C=O) groups excluding carboxylic acids is 4. The molecule has 0 fully saturated rings. The van der Waals surface area contributed by atoms with Gasteiger partial charge in [-0.1, -0.05) is 0 Å². The van der Waals surface area contributed by atoms with Gasteiger partial charge in [-0.05, 0) is 0 Å². The molecule has 0 aliphatic carbocycles. The Morgan fingerprint density at radius 1 is 1.00 bits per heavy atom. The predicted molar refractivity (Wildman–Crippen MR) is 58.7 cm³/mol. The van der Waals surface area contributed by atoms with Crippen molar-refractivity contribution in [2.24, 2.45) is 0 Å². The highest BCUT2D eigenvalue weighted by Crippen LogP contribution is 2.12. The van der Waals surface area contributed by atoms with Gasteiger partial charge in [-0.25, -0.2) is 9.59 Å². The van der Waals surface area contributed by atoms with Gasteiger partial charge in [0.2, 0.25) is 0 Å². The van der Waals surface area contributed by atoms with E-state index < -0.39 is 36.3 Å². The Labute approximate surface area is 109 Å². The fraction of sp³-hybridized carbons (Fsp3) is 0.600. The number of rotatable bonds is 5. The molecule has 0 heterocycles. The highest BCUT2D eigenvalue weighted by atomic mass is 16.6. The highest BCUT2D eigenvalue weighted by Gasteiger charge is 2.47. The fourth-order valence-corrected chi connectivity index (χ4v) is 1.07. The third-order valence-electron chi connectivity index (χ3n) is 1.80. The Bertz CT molecular complexity index is 380. The fourth-order valence-electron chi connectivity index (χ4n) is 1.07. The third kappa shape index (κ3) is 5.23. The first kappa shape index (κ1) is 16.7. The van der Waals surface area contributed by atoms with Crippen LogP contribution in [0.4, 0.5) is 4.79 Å². The van der Waals surface area contributed by atoms with Crippen LogP contribution in [0.1, 0.15) is 13.8 Å². The standard InChI is InChI=1S/C10H15NO8/c1-6(12)18-5-10(8(14)16-3,19-7(2)13)11-9(15)17-4/h5H2,1-4H3,(H,11,15). The molecule has 0 spiro atoms. The molecular weight excluding hydrogens is 262 g/mol. The number of carbonyl (C=O) groups is 4. The zero-order valence-electron chi connectivity index (χ0n) is 11.0. The summed E-state index contributed by atoms with van der Waals surface area (Å²) in [4.78, 5) is 44.7. The molecule has 1 N–H and O–H groups in total. The van der Waals surface area contributed by atoms with Crippen molar-refractivity contribution >= 4 is 24.0 Å². The lowest BCUT2D eigenvalue weighted by molar-refractivity contribution is -0.192. The van der Waals surface area contributed by atoms with Gasteiger partial charge in [-0.2, -0.15) is 0 Å². The second-order valence-corrected chi connectivity index (χ2v) is 3.31. The van der Waals surface area contributed by atoms with Crippen molar-refractivity contribution in [1.29, 1.82) is 0 Å². The summed E-state index contributed by atoms with van der Waals surface area (Å²) in [6.45, 7) is 1.34. The molecular formula is C10H15NO8. The molecule has 0 aliphatic heterocycles. The molecule has 1 amide bonds. The zero-order chi connectivity index (χ0) is 15.1. The maximum Gasteiger partial charge on any atom is 0.410 e. The zero-order valence-corrected chi connectivity index (χ0v) is 11.0. The minimum absolute atomic E-state index is 0.743. The third-order valence-corrected chi connectivity index (χ3v) is 1.80. The van der Waals surface area contributed by atoms with Crippen LogP contribution in [-0.4, -0.2) is 50.6 Å². The van der Waals surface area contributed by atoms with Gasteiger partial charge < -0.3 is 18.9 Å². The van der Waals surface area contributed by atoms with Crippen molar-refractivity contribution in [3.8, 4) is 0 Å². The first-order valence-electron chi connectivity index (χ1n) is 5.05. The van der Waals surface area contributed by atoms with Gasteiger partial charge >= 0.3 is 29.7 Å². The summed E-state index contributed by atoms with van der Waals surface area (Å²) in [7, 11) is 2.05. The lowest BCUT2D eigenvalue weighted by atomic mass is 10.2.